The second-order valence-corrected chi connectivity index (χ2v) is 3.81. The van der Waals surface area contributed by atoms with Crippen molar-refractivity contribution < 1.29 is 13.2 Å². The Bertz CT molecular complexity index is 599. The van der Waals surface area contributed by atoms with Gasteiger partial charge in [-0.15, -0.1) is 0 Å². The molecule has 1 heterocycles. The van der Waals surface area contributed by atoms with E-state index in [1.807, 2.05) is 0 Å². The summed E-state index contributed by atoms with van der Waals surface area (Å²) in [6, 6.07) is 2.85. The van der Waals surface area contributed by atoms with Gasteiger partial charge in [-0.3, -0.25) is 0 Å². The van der Waals surface area contributed by atoms with Gasteiger partial charge < -0.3 is 11.1 Å². The molecule has 1 aromatic carbocycles. The van der Waals surface area contributed by atoms with Crippen LogP contribution in [0.2, 0.25) is 0 Å². The van der Waals surface area contributed by atoms with Crippen LogP contribution in [0.4, 0.5) is 30.4 Å². The van der Waals surface area contributed by atoms with Crippen LogP contribution < -0.4 is 11.1 Å². The largest absolute Gasteiger partial charge is 0.397 e. The summed E-state index contributed by atoms with van der Waals surface area (Å²) in [5.74, 6) is -2.94. The molecule has 0 saturated carbocycles. The maximum atomic E-state index is 13.4. The van der Waals surface area contributed by atoms with Crippen molar-refractivity contribution in [3.8, 4) is 0 Å². The van der Waals surface area contributed by atoms with Gasteiger partial charge in [0, 0.05) is 12.1 Å². The highest BCUT2D eigenvalue weighted by Crippen LogP contribution is 2.24. The van der Waals surface area contributed by atoms with Crippen molar-refractivity contribution in [3.63, 3.8) is 0 Å². The Morgan fingerprint density at radius 3 is 2.39 bits per heavy atom. The molecule has 6 heteroatoms. The van der Waals surface area contributed by atoms with Crippen LogP contribution in [0.25, 0.3) is 0 Å². The van der Waals surface area contributed by atoms with Gasteiger partial charge in [-0.1, -0.05) is 0 Å². The van der Waals surface area contributed by atoms with E-state index in [4.69, 9.17) is 5.73 Å². The normalized spacial score (nSPS) is 10.4. The Morgan fingerprint density at radius 2 is 1.72 bits per heavy atom. The molecule has 0 bridgehead atoms. The van der Waals surface area contributed by atoms with Crippen LogP contribution in [0.15, 0.2) is 24.4 Å². The van der Waals surface area contributed by atoms with Crippen molar-refractivity contribution in [2.45, 2.75) is 6.92 Å². The van der Waals surface area contributed by atoms with Crippen LogP contribution >= 0.6 is 0 Å². The highest BCUT2D eigenvalue weighted by Gasteiger charge is 2.11. The number of hydrogen-bond donors (Lipinski definition) is 2. The van der Waals surface area contributed by atoms with E-state index in [1.54, 1.807) is 13.0 Å². The summed E-state index contributed by atoms with van der Waals surface area (Å²) >= 11 is 0. The van der Waals surface area contributed by atoms with Gasteiger partial charge in [-0.2, -0.15) is 0 Å². The third kappa shape index (κ3) is 2.37. The lowest BCUT2D eigenvalue weighted by atomic mass is 10.2. The molecule has 2 aromatic rings. The number of nitrogens with one attached hydrogen (secondary N) is 1. The molecule has 94 valence electrons. The molecular weight excluding hydrogens is 243 g/mol. The molecule has 0 radical (unpaired) electrons. The second kappa shape index (κ2) is 4.56. The van der Waals surface area contributed by atoms with Crippen LogP contribution in [0.1, 0.15) is 5.56 Å². The van der Waals surface area contributed by atoms with E-state index in [0.29, 0.717) is 23.1 Å². The number of benzene rings is 1. The van der Waals surface area contributed by atoms with Crippen molar-refractivity contribution in [1.82, 2.24) is 4.98 Å². The van der Waals surface area contributed by atoms with Gasteiger partial charge in [0.1, 0.15) is 11.6 Å². The smallest absolute Gasteiger partial charge is 0.161 e. The highest BCUT2D eigenvalue weighted by atomic mass is 19.2. The first-order valence-electron chi connectivity index (χ1n) is 5.11. The first-order valence-corrected chi connectivity index (χ1v) is 5.11. The van der Waals surface area contributed by atoms with Gasteiger partial charge in [0.05, 0.1) is 17.6 Å². The molecule has 0 aliphatic heterocycles. The summed E-state index contributed by atoms with van der Waals surface area (Å²) < 4.78 is 39.2. The van der Waals surface area contributed by atoms with E-state index >= 15 is 0 Å². The molecule has 0 unspecified atom stereocenters. The number of aryl methyl sites for hydroxylation is 1. The fourth-order valence-electron chi connectivity index (χ4n) is 1.47. The molecule has 1 aromatic heterocycles. The molecule has 0 saturated heterocycles. The van der Waals surface area contributed by atoms with Crippen LogP contribution in [0.5, 0.6) is 0 Å². The average molecular weight is 253 g/mol. The number of rotatable bonds is 2. The minimum Gasteiger partial charge on any atom is -0.397 e. The lowest BCUT2D eigenvalue weighted by Gasteiger charge is -2.10. The van der Waals surface area contributed by atoms with Crippen molar-refractivity contribution in [1.29, 1.82) is 0 Å². The van der Waals surface area contributed by atoms with Gasteiger partial charge in [-0.05, 0) is 18.6 Å². The number of anilines is 3. The Morgan fingerprint density at radius 1 is 1.06 bits per heavy atom. The number of pyridine rings is 1. The van der Waals surface area contributed by atoms with Gasteiger partial charge in [0.2, 0.25) is 0 Å². The molecule has 0 amide bonds. The molecule has 0 aliphatic carbocycles. The lowest BCUT2D eigenvalue weighted by Crippen LogP contribution is -2.01. The summed E-state index contributed by atoms with van der Waals surface area (Å²) in [6.45, 7) is 1.71. The van der Waals surface area contributed by atoms with E-state index in [-0.39, 0.29) is 5.69 Å². The van der Waals surface area contributed by atoms with Crippen LogP contribution in [0.3, 0.4) is 0 Å². The minimum absolute atomic E-state index is 0.186. The number of nitrogens with zero attached hydrogens (tertiary/aromatic N) is 1. The summed E-state index contributed by atoms with van der Waals surface area (Å²) in [5.41, 5.74) is 6.46. The zero-order valence-electron chi connectivity index (χ0n) is 9.47. The zero-order chi connectivity index (χ0) is 13.3. The maximum Gasteiger partial charge on any atom is 0.161 e. The average Bonchev–Trinajstić information content (AvgIpc) is 2.29. The summed E-state index contributed by atoms with van der Waals surface area (Å²) in [6.07, 6.45) is 1.38. The molecule has 0 aliphatic rings. The minimum atomic E-state index is -1.24. The summed E-state index contributed by atoms with van der Waals surface area (Å²) in [7, 11) is 0. The van der Waals surface area contributed by atoms with Crippen molar-refractivity contribution >= 4 is 17.2 Å². The maximum absolute atomic E-state index is 13.4. The van der Waals surface area contributed by atoms with E-state index < -0.39 is 17.5 Å². The standard InChI is InChI=1S/C12H10F3N3/c1-6-2-7(16)5-17-12(6)18-11-4-9(14)8(13)3-10(11)15/h2-5H,16H2,1H3,(H,17,18). The molecule has 3 nitrogen and oxygen atoms in total. The lowest BCUT2D eigenvalue weighted by molar-refractivity contribution is 0.496. The first-order chi connectivity index (χ1) is 8.47. The van der Waals surface area contributed by atoms with E-state index in [9.17, 15) is 13.2 Å². The Kier molecular flexibility index (Phi) is 3.10. The molecule has 2 rings (SSSR count). The van der Waals surface area contributed by atoms with Crippen molar-refractivity contribution in [2.24, 2.45) is 0 Å². The van der Waals surface area contributed by atoms with Crippen LogP contribution in [-0.2, 0) is 0 Å². The number of aromatic nitrogens is 1. The van der Waals surface area contributed by atoms with Gasteiger partial charge in [0.25, 0.3) is 0 Å². The van der Waals surface area contributed by atoms with Gasteiger partial charge in [-0.25, -0.2) is 18.2 Å². The van der Waals surface area contributed by atoms with Crippen LogP contribution in [-0.4, -0.2) is 4.98 Å². The quantitative estimate of drug-likeness (QED) is 0.808. The third-order valence-electron chi connectivity index (χ3n) is 2.36. The predicted octanol–water partition coefficient (Wildman–Crippen LogP) is 3.13. The number of nitrogen functional groups attached to an aromatic ring is 1. The summed E-state index contributed by atoms with van der Waals surface area (Å²) in [4.78, 5) is 3.95. The predicted molar refractivity (Wildman–Crippen MR) is 63.0 cm³/mol. The van der Waals surface area contributed by atoms with E-state index in [1.165, 1.54) is 6.20 Å². The number of hydrogen-bond acceptors (Lipinski definition) is 3. The topological polar surface area (TPSA) is 50.9 Å². The van der Waals surface area contributed by atoms with E-state index in [0.717, 1.165) is 6.07 Å². The fraction of sp³-hybridized carbons (Fsp3) is 0.0833. The SMILES string of the molecule is Cc1cc(N)cnc1Nc1cc(F)c(F)cc1F. The van der Waals surface area contributed by atoms with Crippen molar-refractivity contribution in [2.75, 3.05) is 11.1 Å². The monoisotopic (exact) mass is 253 g/mol. The van der Waals surface area contributed by atoms with E-state index in [2.05, 4.69) is 10.3 Å². The van der Waals surface area contributed by atoms with Gasteiger partial charge in [0.15, 0.2) is 11.6 Å². The first kappa shape index (κ1) is 12.2. The van der Waals surface area contributed by atoms with Crippen molar-refractivity contribution in [3.05, 3.63) is 47.4 Å². The molecule has 0 spiro atoms. The number of halogens is 3. The Balaban J connectivity index is 2.37. The molecule has 0 fully saturated rings. The van der Waals surface area contributed by atoms with Gasteiger partial charge >= 0.3 is 0 Å². The zero-order valence-corrected chi connectivity index (χ0v) is 9.47. The molecule has 3 N–H and O–H groups in total. The molecular formula is C12H10F3N3. The molecule has 0 atom stereocenters. The Labute approximate surface area is 101 Å². The highest BCUT2D eigenvalue weighted by molar-refractivity contribution is 5.61. The fourth-order valence-corrected chi connectivity index (χ4v) is 1.47. The number of nitrogens with two attached hydrogens (primary N) is 1. The third-order valence-corrected chi connectivity index (χ3v) is 2.36. The van der Waals surface area contributed by atoms with Crippen LogP contribution in [0, 0.1) is 24.4 Å². The Hall–Kier alpha value is -2.24. The molecule has 18 heavy (non-hydrogen) atoms. The summed E-state index contributed by atoms with van der Waals surface area (Å²) in [5, 5.41) is 2.59. The second-order valence-electron chi connectivity index (χ2n) is 3.81.